The number of rotatable bonds is 4. The van der Waals surface area contributed by atoms with E-state index in [0.29, 0.717) is 17.3 Å². The minimum Gasteiger partial charge on any atom is -0.379 e. The van der Waals surface area contributed by atoms with E-state index in [-0.39, 0.29) is 5.60 Å². The summed E-state index contributed by atoms with van der Waals surface area (Å²) in [5.41, 5.74) is 1.11. The molecule has 0 aliphatic heterocycles. The van der Waals surface area contributed by atoms with Crippen LogP contribution in [-0.4, -0.2) is 23.6 Å². The van der Waals surface area contributed by atoms with E-state index in [1.807, 2.05) is 0 Å². The highest BCUT2D eigenvalue weighted by molar-refractivity contribution is 5.73. The molecule has 0 aromatic carbocycles. The lowest BCUT2D eigenvalue weighted by Gasteiger charge is -2.44. The molecule has 1 saturated carbocycles. The fourth-order valence-electron chi connectivity index (χ4n) is 2.60. The maximum absolute atomic E-state index is 10.9. The summed E-state index contributed by atoms with van der Waals surface area (Å²) in [6.07, 6.45) is 2.75. The van der Waals surface area contributed by atoms with Gasteiger partial charge >= 0.3 is 0 Å². The maximum atomic E-state index is 10.9. The van der Waals surface area contributed by atoms with E-state index in [1.165, 1.54) is 0 Å². The Labute approximate surface area is 101 Å². The Hall–Kier alpha value is -1.60. The van der Waals surface area contributed by atoms with Crippen molar-refractivity contribution in [1.29, 1.82) is 5.26 Å². The van der Waals surface area contributed by atoms with Gasteiger partial charge in [0, 0.05) is 13.7 Å². The first-order chi connectivity index (χ1) is 8.11. The van der Waals surface area contributed by atoms with Crippen molar-refractivity contribution in [3.05, 3.63) is 23.5 Å². The average Bonchev–Trinajstić information content (AvgIpc) is 2.69. The van der Waals surface area contributed by atoms with Gasteiger partial charge in [0.05, 0.1) is 11.3 Å². The van der Waals surface area contributed by atoms with E-state index in [2.05, 4.69) is 13.0 Å². The number of hydrogen-bond acceptors (Lipinski definition) is 3. The Balaban J connectivity index is 2.08. The van der Waals surface area contributed by atoms with E-state index < -0.39 is 0 Å². The molecule has 2 rings (SSSR count). The average molecular weight is 232 g/mol. The Morgan fingerprint density at radius 2 is 2.35 bits per heavy atom. The molecule has 4 heteroatoms. The molecule has 0 atom stereocenters. The Morgan fingerprint density at radius 3 is 2.88 bits per heavy atom. The molecule has 1 aromatic heterocycles. The largest absolute Gasteiger partial charge is 0.379 e. The minimum atomic E-state index is -0.0219. The van der Waals surface area contributed by atoms with Crippen molar-refractivity contribution in [3.63, 3.8) is 0 Å². The van der Waals surface area contributed by atoms with E-state index in [4.69, 9.17) is 10.00 Å². The van der Waals surface area contributed by atoms with Crippen molar-refractivity contribution in [1.82, 2.24) is 4.57 Å². The third kappa shape index (κ3) is 2.11. The molecule has 4 nitrogen and oxygen atoms in total. The third-order valence-electron chi connectivity index (χ3n) is 3.62. The zero-order chi connectivity index (χ0) is 12.5. The molecule has 1 fully saturated rings. The molecule has 0 saturated heterocycles. The van der Waals surface area contributed by atoms with Gasteiger partial charge in [-0.25, -0.2) is 0 Å². The van der Waals surface area contributed by atoms with Gasteiger partial charge in [0.25, 0.3) is 0 Å². The molecule has 1 heterocycles. The second-order valence-electron chi connectivity index (χ2n) is 4.91. The molecule has 0 N–H and O–H groups in total. The molecule has 0 spiro atoms. The summed E-state index contributed by atoms with van der Waals surface area (Å²) in [6.45, 7) is 2.81. The van der Waals surface area contributed by atoms with Crippen molar-refractivity contribution >= 4 is 6.29 Å². The van der Waals surface area contributed by atoms with Gasteiger partial charge in [0.2, 0.25) is 0 Å². The van der Waals surface area contributed by atoms with Crippen LogP contribution in [0.25, 0.3) is 0 Å². The molecule has 90 valence electrons. The first-order valence-electron chi connectivity index (χ1n) is 5.72. The number of ether oxygens (including phenoxy) is 1. The van der Waals surface area contributed by atoms with Gasteiger partial charge in [0.1, 0.15) is 11.8 Å². The molecular formula is C13H16N2O2. The Kier molecular flexibility index (Phi) is 3.03. The highest BCUT2D eigenvalue weighted by Crippen LogP contribution is 2.41. The lowest BCUT2D eigenvalue weighted by molar-refractivity contribution is -0.0940. The fourth-order valence-corrected chi connectivity index (χ4v) is 2.60. The van der Waals surface area contributed by atoms with Gasteiger partial charge in [-0.3, -0.25) is 4.79 Å². The number of nitriles is 1. The highest BCUT2D eigenvalue weighted by atomic mass is 16.5. The standard InChI is InChI=1S/C13H16N2O2/c1-13(17-2)5-10(6-13)8-15-11(7-14)3-4-12(15)9-16/h3-4,9-10H,5-6,8H2,1-2H3/t10-,13+. The third-order valence-corrected chi connectivity index (χ3v) is 3.62. The second kappa shape index (κ2) is 4.34. The summed E-state index contributed by atoms with van der Waals surface area (Å²) in [7, 11) is 1.73. The van der Waals surface area contributed by atoms with Crippen LogP contribution in [0.1, 0.15) is 35.9 Å². The second-order valence-corrected chi connectivity index (χ2v) is 4.91. The van der Waals surface area contributed by atoms with Crippen LogP contribution in [0, 0.1) is 17.2 Å². The van der Waals surface area contributed by atoms with Gasteiger partial charge in [0.15, 0.2) is 6.29 Å². The molecule has 1 aliphatic carbocycles. The number of aldehydes is 1. The number of carbonyl (C=O) groups excluding carboxylic acids is 1. The van der Waals surface area contributed by atoms with Crippen LogP contribution in [0.3, 0.4) is 0 Å². The molecule has 0 radical (unpaired) electrons. The molecule has 1 aromatic rings. The van der Waals surface area contributed by atoms with Crippen molar-refractivity contribution in [2.45, 2.75) is 31.9 Å². The summed E-state index contributed by atoms with van der Waals surface area (Å²) in [5, 5.41) is 8.97. The number of carbonyl (C=O) groups is 1. The van der Waals surface area contributed by atoms with Crippen molar-refractivity contribution < 1.29 is 9.53 Å². The summed E-state index contributed by atoms with van der Waals surface area (Å²) >= 11 is 0. The van der Waals surface area contributed by atoms with E-state index >= 15 is 0 Å². The molecule has 17 heavy (non-hydrogen) atoms. The monoisotopic (exact) mass is 232 g/mol. The first kappa shape index (κ1) is 11.9. The summed E-state index contributed by atoms with van der Waals surface area (Å²) in [4.78, 5) is 10.9. The molecule has 1 aliphatic rings. The lowest BCUT2D eigenvalue weighted by atomic mass is 9.72. The van der Waals surface area contributed by atoms with Crippen LogP contribution < -0.4 is 0 Å². The van der Waals surface area contributed by atoms with Crippen LogP contribution in [0.15, 0.2) is 12.1 Å². The predicted octanol–water partition coefficient (Wildman–Crippen LogP) is 1.99. The van der Waals surface area contributed by atoms with Gasteiger partial charge < -0.3 is 9.30 Å². The van der Waals surface area contributed by atoms with Gasteiger partial charge in [-0.05, 0) is 37.8 Å². The minimum absolute atomic E-state index is 0.0219. The topological polar surface area (TPSA) is 55.0 Å². The number of aromatic nitrogens is 1. The highest BCUT2D eigenvalue weighted by Gasteiger charge is 2.40. The van der Waals surface area contributed by atoms with Crippen LogP contribution in [0.4, 0.5) is 0 Å². The van der Waals surface area contributed by atoms with E-state index in [1.54, 1.807) is 23.8 Å². The molecule has 0 unspecified atom stereocenters. The van der Waals surface area contributed by atoms with Gasteiger partial charge in [-0.15, -0.1) is 0 Å². The Morgan fingerprint density at radius 1 is 1.65 bits per heavy atom. The molecule has 0 amide bonds. The Bertz CT molecular complexity index is 464. The first-order valence-corrected chi connectivity index (χ1v) is 5.72. The SMILES string of the molecule is CO[C@]1(C)C[C@H](Cn2c(C#N)ccc2C=O)C1. The summed E-state index contributed by atoms with van der Waals surface area (Å²) < 4.78 is 7.19. The van der Waals surface area contributed by atoms with Crippen LogP contribution in [0.2, 0.25) is 0 Å². The fraction of sp³-hybridized carbons (Fsp3) is 0.538. The number of methoxy groups -OCH3 is 1. The summed E-state index contributed by atoms with van der Waals surface area (Å²) in [6, 6.07) is 5.50. The van der Waals surface area contributed by atoms with Gasteiger partial charge in [-0.1, -0.05) is 0 Å². The normalized spacial score (nSPS) is 27.2. The van der Waals surface area contributed by atoms with E-state index in [0.717, 1.165) is 25.7 Å². The number of nitrogens with zero attached hydrogens (tertiary/aromatic N) is 2. The van der Waals surface area contributed by atoms with Crippen LogP contribution in [0.5, 0.6) is 0 Å². The maximum Gasteiger partial charge on any atom is 0.166 e. The van der Waals surface area contributed by atoms with E-state index in [9.17, 15) is 4.79 Å². The van der Waals surface area contributed by atoms with Crippen LogP contribution in [-0.2, 0) is 11.3 Å². The van der Waals surface area contributed by atoms with Crippen LogP contribution >= 0.6 is 0 Å². The smallest absolute Gasteiger partial charge is 0.166 e. The van der Waals surface area contributed by atoms with Crippen molar-refractivity contribution in [2.24, 2.45) is 5.92 Å². The zero-order valence-electron chi connectivity index (χ0n) is 10.1. The van der Waals surface area contributed by atoms with Gasteiger partial charge in [-0.2, -0.15) is 5.26 Å². The predicted molar refractivity (Wildman–Crippen MR) is 62.7 cm³/mol. The lowest BCUT2D eigenvalue weighted by Crippen LogP contribution is -2.44. The van der Waals surface area contributed by atoms with Crippen molar-refractivity contribution in [3.8, 4) is 6.07 Å². The van der Waals surface area contributed by atoms with Crippen molar-refractivity contribution in [2.75, 3.05) is 7.11 Å². The summed E-state index contributed by atoms with van der Waals surface area (Å²) in [5.74, 6) is 0.484. The number of hydrogen-bond donors (Lipinski definition) is 0. The zero-order valence-corrected chi connectivity index (χ0v) is 10.1. The quantitative estimate of drug-likeness (QED) is 0.746. The molecule has 0 bridgehead atoms. The molecular weight excluding hydrogens is 216 g/mol.